The largest absolute Gasteiger partial charge is 0.478 e. The molecule has 0 amide bonds. The summed E-state index contributed by atoms with van der Waals surface area (Å²) in [4.78, 5) is 21.4. The van der Waals surface area contributed by atoms with Gasteiger partial charge in [0.25, 0.3) is 0 Å². The molecule has 0 aliphatic rings. The van der Waals surface area contributed by atoms with Gasteiger partial charge in [-0.3, -0.25) is 10.1 Å². The molecule has 8 nitrogen and oxygen atoms in total. The number of rotatable bonds is 4. The van der Waals surface area contributed by atoms with E-state index in [0.29, 0.717) is 5.69 Å². The van der Waals surface area contributed by atoms with Crippen LogP contribution in [-0.4, -0.2) is 25.8 Å². The molecule has 0 atom stereocenters. The van der Waals surface area contributed by atoms with Crippen molar-refractivity contribution in [3.05, 3.63) is 44.6 Å². The Balaban J connectivity index is 2.41. The number of aromatic carboxylic acids is 1. The second-order valence-corrected chi connectivity index (χ2v) is 4.70. The van der Waals surface area contributed by atoms with Crippen LogP contribution >= 0.6 is 11.6 Å². The first-order chi connectivity index (χ1) is 9.81. The number of nitro groups is 1. The van der Waals surface area contributed by atoms with Crippen molar-refractivity contribution in [3.8, 4) is 0 Å². The molecular weight excluding hydrogens is 300 g/mol. The van der Waals surface area contributed by atoms with E-state index in [1.54, 1.807) is 7.05 Å². The number of carbonyl (C=O) groups is 1. The molecule has 0 radical (unpaired) electrons. The Morgan fingerprint density at radius 3 is 2.71 bits per heavy atom. The van der Waals surface area contributed by atoms with Gasteiger partial charge in [-0.05, 0) is 25.1 Å². The molecule has 0 saturated heterocycles. The summed E-state index contributed by atoms with van der Waals surface area (Å²) in [7, 11) is 1.57. The van der Waals surface area contributed by atoms with E-state index in [-0.39, 0.29) is 27.8 Å². The number of halogens is 1. The Morgan fingerprint density at radius 1 is 1.52 bits per heavy atom. The average molecular weight is 311 g/mol. The van der Waals surface area contributed by atoms with E-state index in [4.69, 9.17) is 16.7 Å². The van der Waals surface area contributed by atoms with E-state index in [0.717, 1.165) is 0 Å². The van der Waals surface area contributed by atoms with Crippen LogP contribution in [0.25, 0.3) is 0 Å². The number of hydrogen-bond acceptors (Lipinski definition) is 5. The van der Waals surface area contributed by atoms with Crippen LogP contribution in [0.5, 0.6) is 0 Å². The molecule has 1 heterocycles. The van der Waals surface area contributed by atoms with Crippen LogP contribution < -0.4 is 5.32 Å². The van der Waals surface area contributed by atoms with E-state index >= 15 is 0 Å². The highest BCUT2D eigenvalue weighted by Crippen LogP contribution is 2.31. The van der Waals surface area contributed by atoms with Gasteiger partial charge in [-0.25, -0.2) is 9.48 Å². The van der Waals surface area contributed by atoms with Crippen molar-refractivity contribution in [1.29, 1.82) is 0 Å². The minimum Gasteiger partial charge on any atom is -0.478 e. The van der Waals surface area contributed by atoms with Crippen molar-refractivity contribution in [2.45, 2.75) is 6.92 Å². The molecule has 0 saturated carbocycles. The van der Waals surface area contributed by atoms with Crippen LogP contribution in [-0.2, 0) is 7.05 Å². The number of hydrogen-bond donors (Lipinski definition) is 2. The minimum absolute atomic E-state index is 0.0362. The van der Waals surface area contributed by atoms with Gasteiger partial charge in [0, 0.05) is 12.7 Å². The molecule has 21 heavy (non-hydrogen) atoms. The quantitative estimate of drug-likeness (QED) is 0.663. The maximum Gasteiger partial charge on any atom is 0.337 e. The summed E-state index contributed by atoms with van der Waals surface area (Å²) in [5, 5.41) is 26.8. The summed E-state index contributed by atoms with van der Waals surface area (Å²) in [6.45, 7) is 1.53. The number of aryl methyl sites for hydroxylation is 2. The third-order valence-corrected chi connectivity index (χ3v) is 3.15. The van der Waals surface area contributed by atoms with E-state index in [2.05, 4.69) is 10.4 Å². The Hall–Kier alpha value is -2.61. The second-order valence-electron chi connectivity index (χ2n) is 4.29. The fourth-order valence-electron chi connectivity index (χ4n) is 1.91. The minimum atomic E-state index is -1.14. The Labute approximate surface area is 124 Å². The predicted octanol–water partition coefficient (Wildman–Crippen LogP) is 2.73. The van der Waals surface area contributed by atoms with Crippen LogP contribution in [0.2, 0.25) is 5.02 Å². The topological polar surface area (TPSA) is 110 Å². The average Bonchev–Trinajstić information content (AvgIpc) is 2.63. The zero-order chi connectivity index (χ0) is 15.7. The van der Waals surface area contributed by atoms with Gasteiger partial charge in [0.15, 0.2) is 0 Å². The zero-order valence-electron chi connectivity index (χ0n) is 11.1. The molecule has 0 aliphatic heterocycles. The Morgan fingerprint density at radius 2 is 2.19 bits per heavy atom. The Bertz CT molecular complexity index is 741. The number of nitrogens with zero attached hydrogens (tertiary/aromatic N) is 3. The van der Waals surface area contributed by atoms with Crippen molar-refractivity contribution >= 4 is 34.8 Å². The normalized spacial score (nSPS) is 10.4. The second kappa shape index (κ2) is 5.41. The highest BCUT2D eigenvalue weighted by molar-refractivity contribution is 6.33. The lowest BCUT2D eigenvalue weighted by atomic mass is 10.2. The van der Waals surface area contributed by atoms with E-state index in [1.807, 2.05) is 0 Å². The molecule has 1 aromatic carbocycles. The number of anilines is 2. The van der Waals surface area contributed by atoms with Crippen molar-refractivity contribution in [2.24, 2.45) is 7.05 Å². The highest BCUT2D eigenvalue weighted by Gasteiger charge is 2.24. The summed E-state index contributed by atoms with van der Waals surface area (Å²) in [5.74, 6) is -0.953. The third kappa shape index (κ3) is 2.79. The molecule has 0 aliphatic carbocycles. The standard InChI is InChI=1S/C12H11ClN4O4/c1-6-10(17(20)21)11(16(2)15-6)14-7-3-4-8(12(18)19)9(13)5-7/h3-5,14H,1-2H3,(H,18,19). The lowest BCUT2D eigenvalue weighted by Crippen LogP contribution is -2.03. The van der Waals surface area contributed by atoms with Crippen molar-refractivity contribution < 1.29 is 14.8 Å². The predicted molar refractivity (Wildman–Crippen MR) is 76.3 cm³/mol. The van der Waals surface area contributed by atoms with Crippen LogP contribution in [0.3, 0.4) is 0 Å². The maximum absolute atomic E-state index is 11.1. The van der Waals surface area contributed by atoms with Crippen molar-refractivity contribution in [2.75, 3.05) is 5.32 Å². The molecule has 0 fully saturated rings. The van der Waals surface area contributed by atoms with Gasteiger partial charge in [0.05, 0.1) is 15.5 Å². The first-order valence-electron chi connectivity index (χ1n) is 5.79. The lowest BCUT2D eigenvalue weighted by Gasteiger charge is -2.07. The number of aromatic nitrogens is 2. The van der Waals surface area contributed by atoms with E-state index in [1.165, 1.54) is 29.8 Å². The summed E-state index contributed by atoms with van der Waals surface area (Å²) in [5.41, 5.74) is 0.517. The van der Waals surface area contributed by atoms with Crippen LogP contribution in [0.15, 0.2) is 18.2 Å². The Kier molecular flexibility index (Phi) is 3.81. The van der Waals surface area contributed by atoms with Gasteiger partial charge >= 0.3 is 11.7 Å². The van der Waals surface area contributed by atoms with Gasteiger partial charge in [-0.2, -0.15) is 5.10 Å². The van der Waals surface area contributed by atoms with Gasteiger partial charge in [-0.15, -0.1) is 0 Å². The number of carboxylic acid groups (broad SMARTS) is 1. The van der Waals surface area contributed by atoms with Crippen LogP contribution in [0.1, 0.15) is 16.1 Å². The number of benzene rings is 1. The summed E-state index contributed by atoms with van der Waals surface area (Å²) < 4.78 is 1.34. The van der Waals surface area contributed by atoms with Gasteiger partial charge in [-0.1, -0.05) is 11.6 Å². The smallest absolute Gasteiger partial charge is 0.337 e. The molecule has 2 rings (SSSR count). The molecule has 2 aromatic rings. The molecule has 9 heteroatoms. The van der Waals surface area contributed by atoms with E-state index in [9.17, 15) is 14.9 Å². The monoisotopic (exact) mass is 310 g/mol. The molecule has 0 bridgehead atoms. The van der Waals surface area contributed by atoms with Crippen LogP contribution in [0.4, 0.5) is 17.2 Å². The van der Waals surface area contributed by atoms with Crippen LogP contribution in [0, 0.1) is 17.0 Å². The number of carboxylic acids is 1. The van der Waals surface area contributed by atoms with Gasteiger partial charge in [0.1, 0.15) is 5.69 Å². The summed E-state index contributed by atoms with van der Waals surface area (Å²) in [6, 6.07) is 4.18. The molecular formula is C12H11ClN4O4. The fraction of sp³-hybridized carbons (Fsp3) is 0.167. The molecule has 1 aromatic heterocycles. The summed E-state index contributed by atoms with van der Waals surface area (Å²) >= 11 is 5.86. The highest BCUT2D eigenvalue weighted by atomic mass is 35.5. The fourth-order valence-corrected chi connectivity index (χ4v) is 2.17. The maximum atomic E-state index is 11.1. The van der Waals surface area contributed by atoms with Gasteiger partial charge < -0.3 is 10.4 Å². The molecule has 0 spiro atoms. The molecule has 110 valence electrons. The first-order valence-corrected chi connectivity index (χ1v) is 6.17. The van der Waals surface area contributed by atoms with E-state index < -0.39 is 10.9 Å². The lowest BCUT2D eigenvalue weighted by molar-refractivity contribution is -0.384. The third-order valence-electron chi connectivity index (χ3n) is 2.84. The SMILES string of the molecule is Cc1nn(C)c(Nc2ccc(C(=O)O)c(Cl)c2)c1[N+](=O)[O-]. The summed E-state index contributed by atoms with van der Waals surface area (Å²) in [6.07, 6.45) is 0. The zero-order valence-corrected chi connectivity index (χ0v) is 11.9. The molecule has 0 unspecified atom stereocenters. The molecule has 2 N–H and O–H groups in total. The van der Waals surface area contributed by atoms with Crippen molar-refractivity contribution in [1.82, 2.24) is 9.78 Å². The van der Waals surface area contributed by atoms with Gasteiger partial charge in [0.2, 0.25) is 5.82 Å². The van der Waals surface area contributed by atoms with Crippen molar-refractivity contribution in [3.63, 3.8) is 0 Å². The first kappa shape index (κ1) is 14.8. The number of nitrogens with one attached hydrogen (secondary N) is 1.